The van der Waals surface area contributed by atoms with Gasteiger partial charge in [-0.1, -0.05) is 34.1 Å². The van der Waals surface area contributed by atoms with E-state index in [1.165, 1.54) is 25.8 Å². The van der Waals surface area contributed by atoms with Crippen molar-refractivity contribution in [2.45, 2.75) is 53.0 Å². The molecule has 0 spiro atoms. The summed E-state index contributed by atoms with van der Waals surface area (Å²) >= 11 is 0. The number of rotatable bonds is 3. The zero-order valence-electron chi connectivity index (χ0n) is 8.98. The monoisotopic (exact) mass is 169 g/mol. The molecule has 1 aliphatic carbocycles. The molecule has 1 atom stereocenters. The van der Waals surface area contributed by atoms with Crippen LogP contribution in [0.4, 0.5) is 0 Å². The molecule has 0 heterocycles. The molecular formula is C11H23N. The highest BCUT2D eigenvalue weighted by Crippen LogP contribution is 2.37. The normalized spacial score (nSPS) is 28.2. The molecule has 1 nitrogen and oxygen atoms in total. The summed E-state index contributed by atoms with van der Waals surface area (Å²) in [5.41, 5.74) is 0.537. The molecular weight excluding hydrogens is 146 g/mol. The summed E-state index contributed by atoms with van der Waals surface area (Å²) in [6, 6.07) is 0.764. The Morgan fingerprint density at radius 2 is 2.08 bits per heavy atom. The van der Waals surface area contributed by atoms with Gasteiger partial charge in [0.1, 0.15) is 0 Å². The minimum Gasteiger partial charge on any atom is -0.313 e. The van der Waals surface area contributed by atoms with Gasteiger partial charge in [-0.25, -0.2) is 0 Å². The first-order valence-corrected chi connectivity index (χ1v) is 5.26. The SMILES string of the molecule is CC(C)CNC1CCCC1(C)C. The van der Waals surface area contributed by atoms with E-state index in [4.69, 9.17) is 0 Å². The Bertz CT molecular complexity index is 138. The Morgan fingerprint density at radius 3 is 2.50 bits per heavy atom. The van der Waals surface area contributed by atoms with Gasteiger partial charge in [0.25, 0.3) is 0 Å². The second-order valence-corrected chi connectivity index (χ2v) is 5.24. The third kappa shape index (κ3) is 2.48. The van der Waals surface area contributed by atoms with Gasteiger partial charge in [0.15, 0.2) is 0 Å². The molecule has 0 aromatic heterocycles. The Hall–Kier alpha value is -0.0400. The Morgan fingerprint density at radius 1 is 1.42 bits per heavy atom. The average Bonchev–Trinajstić information content (AvgIpc) is 2.25. The van der Waals surface area contributed by atoms with Crippen LogP contribution in [0.15, 0.2) is 0 Å². The van der Waals surface area contributed by atoms with Crippen molar-refractivity contribution in [1.29, 1.82) is 0 Å². The molecule has 0 aliphatic heterocycles. The van der Waals surface area contributed by atoms with Gasteiger partial charge >= 0.3 is 0 Å². The lowest BCUT2D eigenvalue weighted by atomic mass is 9.87. The molecule has 1 unspecified atom stereocenters. The highest BCUT2D eigenvalue weighted by molar-refractivity contribution is 4.90. The Labute approximate surface area is 76.9 Å². The molecule has 72 valence electrons. The van der Waals surface area contributed by atoms with Crippen LogP contribution < -0.4 is 5.32 Å². The maximum absolute atomic E-state index is 3.67. The predicted octanol–water partition coefficient (Wildman–Crippen LogP) is 2.81. The maximum atomic E-state index is 3.67. The largest absolute Gasteiger partial charge is 0.313 e. The van der Waals surface area contributed by atoms with Crippen molar-refractivity contribution < 1.29 is 0 Å². The van der Waals surface area contributed by atoms with Crippen molar-refractivity contribution in [1.82, 2.24) is 5.32 Å². The van der Waals surface area contributed by atoms with E-state index in [0.717, 1.165) is 12.0 Å². The van der Waals surface area contributed by atoms with E-state index in [0.29, 0.717) is 5.41 Å². The first-order chi connectivity index (χ1) is 5.52. The summed E-state index contributed by atoms with van der Waals surface area (Å²) in [6.07, 6.45) is 4.17. The van der Waals surface area contributed by atoms with E-state index < -0.39 is 0 Å². The fraction of sp³-hybridized carbons (Fsp3) is 1.00. The van der Waals surface area contributed by atoms with Gasteiger partial charge in [0, 0.05) is 6.04 Å². The summed E-state index contributed by atoms with van der Waals surface area (Å²) < 4.78 is 0. The van der Waals surface area contributed by atoms with Crippen molar-refractivity contribution in [3.05, 3.63) is 0 Å². The Kier molecular flexibility index (Phi) is 3.16. The van der Waals surface area contributed by atoms with Crippen molar-refractivity contribution in [2.75, 3.05) is 6.54 Å². The quantitative estimate of drug-likeness (QED) is 0.685. The second-order valence-electron chi connectivity index (χ2n) is 5.24. The van der Waals surface area contributed by atoms with Crippen LogP contribution in [0.25, 0.3) is 0 Å². The van der Waals surface area contributed by atoms with Crippen molar-refractivity contribution in [3.63, 3.8) is 0 Å². The third-order valence-electron chi connectivity index (χ3n) is 3.03. The molecule has 0 radical (unpaired) electrons. The topological polar surface area (TPSA) is 12.0 Å². The summed E-state index contributed by atoms with van der Waals surface area (Å²) in [7, 11) is 0. The lowest BCUT2D eigenvalue weighted by molar-refractivity contribution is 0.276. The van der Waals surface area contributed by atoms with Crippen LogP contribution in [0.3, 0.4) is 0 Å². The van der Waals surface area contributed by atoms with Gasteiger partial charge < -0.3 is 5.32 Å². The molecule has 0 amide bonds. The molecule has 0 aromatic carbocycles. The zero-order chi connectivity index (χ0) is 9.19. The molecule has 0 bridgehead atoms. The molecule has 1 heteroatoms. The zero-order valence-corrected chi connectivity index (χ0v) is 8.98. The van der Waals surface area contributed by atoms with Gasteiger partial charge in [-0.2, -0.15) is 0 Å². The molecule has 1 saturated carbocycles. The van der Waals surface area contributed by atoms with Crippen LogP contribution in [0, 0.1) is 11.3 Å². The summed E-state index contributed by atoms with van der Waals surface area (Å²) in [4.78, 5) is 0. The number of nitrogens with one attached hydrogen (secondary N) is 1. The molecule has 0 saturated heterocycles. The molecule has 1 N–H and O–H groups in total. The van der Waals surface area contributed by atoms with E-state index in [1.807, 2.05) is 0 Å². The first-order valence-electron chi connectivity index (χ1n) is 5.26. The summed E-state index contributed by atoms with van der Waals surface area (Å²) in [6.45, 7) is 10.5. The van der Waals surface area contributed by atoms with Crippen molar-refractivity contribution in [2.24, 2.45) is 11.3 Å². The van der Waals surface area contributed by atoms with Gasteiger partial charge in [-0.05, 0) is 30.7 Å². The smallest absolute Gasteiger partial charge is 0.0118 e. The lowest BCUT2D eigenvalue weighted by Crippen LogP contribution is -2.39. The second kappa shape index (κ2) is 3.78. The highest BCUT2D eigenvalue weighted by Gasteiger charge is 2.33. The minimum atomic E-state index is 0.537. The first kappa shape index (κ1) is 10.0. The third-order valence-corrected chi connectivity index (χ3v) is 3.03. The van der Waals surface area contributed by atoms with Crippen LogP contribution in [0.2, 0.25) is 0 Å². The summed E-state index contributed by atoms with van der Waals surface area (Å²) in [5.74, 6) is 0.779. The average molecular weight is 169 g/mol. The van der Waals surface area contributed by atoms with E-state index >= 15 is 0 Å². The van der Waals surface area contributed by atoms with Gasteiger partial charge in [-0.3, -0.25) is 0 Å². The lowest BCUT2D eigenvalue weighted by Gasteiger charge is -2.28. The van der Waals surface area contributed by atoms with E-state index in [1.54, 1.807) is 0 Å². The van der Waals surface area contributed by atoms with Crippen LogP contribution in [-0.2, 0) is 0 Å². The predicted molar refractivity (Wildman–Crippen MR) is 54.3 cm³/mol. The van der Waals surface area contributed by atoms with Gasteiger partial charge in [0.2, 0.25) is 0 Å². The maximum Gasteiger partial charge on any atom is 0.0118 e. The molecule has 1 fully saturated rings. The van der Waals surface area contributed by atoms with Crippen molar-refractivity contribution >= 4 is 0 Å². The molecule has 1 aliphatic rings. The van der Waals surface area contributed by atoms with Gasteiger partial charge in [0.05, 0.1) is 0 Å². The fourth-order valence-corrected chi connectivity index (χ4v) is 2.08. The number of hydrogen-bond acceptors (Lipinski definition) is 1. The molecule has 1 rings (SSSR count). The minimum absolute atomic E-state index is 0.537. The Balaban J connectivity index is 2.32. The summed E-state index contributed by atoms with van der Waals surface area (Å²) in [5, 5.41) is 3.67. The van der Waals surface area contributed by atoms with Crippen LogP contribution in [0.5, 0.6) is 0 Å². The van der Waals surface area contributed by atoms with E-state index in [2.05, 4.69) is 33.0 Å². The van der Waals surface area contributed by atoms with Crippen molar-refractivity contribution in [3.8, 4) is 0 Å². The molecule has 12 heavy (non-hydrogen) atoms. The molecule has 0 aromatic rings. The van der Waals surface area contributed by atoms with E-state index in [9.17, 15) is 0 Å². The fourth-order valence-electron chi connectivity index (χ4n) is 2.08. The van der Waals surface area contributed by atoms with Crippen LogP contribution in [0.1, 0.15) is 47.0 Å². The van der Waals surface area contributed by atoms with E-state index in [-0.39, 0.29) is 0 Å². The number of hydrogen-bond donors (Lipinski definition) is 1. The van der Waals surface area contributed by atoms with Gasteiger partial charge in [-0.15, -0.1) is 0 Å². The van der Waals surface area contributed by atoms with Crippen LogP contribution in [-0.4, -0.2) is 12.6 Å². The standard InChI is InChI=1S/C11H23N/c1-9(2)8-12-10-6-5-7-11(10,3)4/h9-10,12H,5-8H2,1-4H3. The highest BCUT2D eigenvalue weighted by atomic mass is 14.9. The van der Waals surface area contributed by atoms with Crippen LogP contribution >= 0.6 is 0 Å².